The summed E-state index contributed by atoms with van der Waals surface area (Å²) < 4.78 is 0. The molecule has 1 heteroatoms. The quantitative estimate of drug-likeness (QED) is 0.414. The maximum absolute atomic E-state index is 12.3. The molecule has 0 aliphatic rings. The summed E-state index contributed by atoms with van der Waals surface area (Å²) in [5.41, 5.74) is 3.89. The van der Waals surface area contributed by atoms with Crippen LogP contribution in [0.3, 0.4) is 0 Å². The van der Waals surface area contributed by atoms with Gasteiger partial charge in [0.05, 0.1) is 0 Å². The van der Waals surface area contributed by atoms with Crippen molar-refractivity contribution in [2.45, 2.75) is 59.3 Å². The maximum atomic E-state index is 12.3. The van der Waals surface area contributed by atoms with E-state index in [0.29, 0.717) is 11.8 Å². The number of hydrogen-bond donors (Lipinski definition) is 0. The van der Waals surface area contributed by atoms with Crippen LogP contribution in [0.2, 0.25) is 0 Å². The Kier molecular flexibility index (Phi) is 6.78. The van der Waals surface area contributed by atoms with Crippen LogP contribution in [-0.4, -0.2) is 5.78 Å². The molecule has 0 atom stereocenters. The first kappa shape index (κ1) is 18.4. The largest absolute Gasteiger partial charge is 0.294 e. The summed E-state index contributed by atoms with van der Waals surface area (Å²) in [4.78, 5) is 12.3. The number of unbranched alkanes of at least 4 members (excludes halogenated alkanes) is 1. The smallest absolute Gasteiger partial charge is 0.162 e. The van der Waals surface area contributed by atoms with Gasteiger partial charge in [-0.25, -0.2) is 0 Å². The van der Waals surface area contributed by atoms with Crippen molar-refractivity contribution >= 4 is 5.78 Å². The van der Waals surface area contributed by atoms with Gasteiger partial charge in [-0.3, -0.25) is 4.79 Å². The summed E-state index contributed by atoms with van der Waals surface area (Å²) in [5.74, 6) is 0.269. The molecular formula is C23H30O. The number of aryl methyl sites for hydroxylation is 2. The van der Waals surface area contributed by atoms with E-state index in [1.165, 1.54) is 17.5 Å². The summed E-state index contributed by atoms with van der Waals surface area (Å²) in [6, 6.07) is 18.7. The number of rotatable bonds is 8. The number of benzene rings is 2. The molecular weight excluding hydrogens is 292 g/mol. The zero-order valence-electron chi connectivity index (χ0n) is 15.3. The van der Waals surface area contributed by atoms with Crippen molar-refractivity contribution in [2.24, 2.45) is 5.41 Å². The number of hydrogen-bond acceptors (Lipinski definition) is 1. The van der Waals surface area contributed by atoms with Gasteiger partial charge in [-0.15, -0.1) is 0 Å². The van der Waals surface area contributed by atoms with Crippen LogP contribution in [-0.2, 0) is 12.8 Å². The Morgan fingerprint density at radius 2 is 1.42 bits per heavy atom. The number of ketones is 1. The lowest BCUT2D eigenvalue weighted by Crippen LogP contribution is -2.06. The Hall–Kier alpha value is -1.89. The normalized spacial score (nSPS) is 11.5. The minimum absolute atomic E-state index is 0.269. The van der Waals surface area contributed by atoms with Crippen molar-refractivity contribution in [3.8, 4) is 0 Å². The fourth-order valence-electron chi connectivity index (χ4n) is 2.78. The molecule has 2 aromatic rings. The number of Topliss-reactive ketones (excluding diaryl/α,β-unsaturated/α-hetero) is 1. The van der Waals surface area contributed by atoms with Crippen molar-refractivity contribution in [1.29, 1.82) is 0 Å². The van der Waals surface area contributed by atoms with E-state index in [1.807, 2.05) is 18.2 Å². The SMILES string of the molecule is CC(C)(C)CCc1ccc(C(=O)CCCCc2ccccc2)cc1. The molecule has 0 N–H and O–H groups in total. The second-order valence-electron chi connectivity index (χ2n) is 7.87. The molecule has 128 valence electrons. The third-order valence-electron chi connectivity index (χ3n) is 4.40. The Labute approximate surface area is 147 Å². The fourth-order valence-corrected chi connectivity index (χ4v) is 2.78. The molecule has 0 amide bonds. The zero-order chi connectivity index (χ0) is 17.4. The Morgan fingerprint density at radius 1 is 0.792 bits per heavy atom. The van der Waals surface area contributed by atoms with Gasteiger partial charge >= 0.3 is 0 Å². The summed E-state index contributed by atoms with van der Waals surface area (Å²) >= 11 is 0. The summed E-state index contributed by atoms with van der Waals surface area (Å²) in [5, 5.41) is 0. The van der Waals surface area contributed by atoms with Crippen LogP contribution in [0.25, 0.3) is 0 Å². The topological polar surface area (TPSA) is 17.1 Å². The van der Waals surface area contributed by atoms with Gasteiger partial charge in [-0.05, 0) is 48.6 Å². The average Bonchev–Trinajstić information content (AvgIpc) is 2.57. The molecule has 2 rings (SSSR count). The van der Waals surface area contributed by atoms with Crippen LogP contribution in [0.5, 0.6) is 0 Å². The first-order valence-electron chi connectivity index (χ1n) is 9.10. The van der Waals surface area contributed by atoms with Crippen LogP contribution in [0.1, 0.15) is 67.9 Å². The van der Waals surface area contributed by atoms with Gasteiger partial charge in [0.25, 0.3) is 0 Å². The molecule has 0 saturated carbocycles. The van der Waals surface area contributed by atoms with Crippen LogP contribution in [0, 0.1) is 5.41 Å². The standard InChI is InChI=1S/C23H30O/c1-23(2,3)18-17-20-13-15-21(16-14-20)22(24)12-8-7-11-19-9-5-4-6-10-19/h4-6,9-10,13-16H,7-8,11-12,17-18H2,1-3H3. The predicted octanol–water partition coefficient (Wildman–Crippen LogP) is 6.26. The first-order chi connectivity index (χ1) is 11.4. The van der Waals surface area contributed by atoms with Gasteiger partial charge in [0.1, 0.15) is 0 Å². The number of carbonyl (C=O) groups excluding carboxylic acids is 1. The maximum Gasteiger partial charge on any atom is 0.162 e. The highest BCUT2D eigenvalue weighted by molar-refractivity contribution is 5.96. The van der Waals surface area contributed by atoms with Crippen molar-refractivity contribution in [1.82, 2.24) is 0 Å². The molecule has 24 heavy (non-hydrogen) atoms. The highest BCUT2D eigenvalue weighted by Crippen LogP contribution is 2.21. The van der Waals surface area contributed by atoms with E-state index >= 15 is 0 Å². The average molecular weight is 322 g/mol. The zero-order valence-corrected chi connectivity index (χ0v) is 15.3. The van der Waals surface area contributed by atoms with E-state index in [4.69, 9.17) is 0 Å². The predicted molar refractivity (Wildman–Crippen MR) is 103 cm³/mol. The van der Waals surface area contributed by atoms with E-state index in [-0.39, 0.29) is 5.78 Å². The highest BCUT2D eigenvalue weighted by atomic mass is 16.1. The van der Waals surface area contributed by atoms with Gasteiger partial charge in [-0.2, -0.15) is 0 Å². The molecule has 0 aliphatic carbocycles. The fraction of sp³-hybridized carbons (Fsp3) is 0.435. The Morgan fingerprint density at radius 3 is 2.04 bits per heavy atom. The molecule has 0 aromatic heterocycles. The van der Waals surface area contributed by atoms with Crippen LogP contribution >= 0.6 is 0 Å². The Balaban J connectivity index is 1.74. The molecule has 2 aromatic carbocycles. The molecule has 1 nitrogen and oxygen atoms in total. The van der Waals surface area contributed by atoms with Crippen LogP contribution in [0.4, 0.5) is 0 Å². The molecule has 0 fully saturated rings. The second kappa shape index (κ2) is 8.82. The molecule has 0 bridgehead atoms. The summed E-state index contributed by atoms with van der Waals surface area (Å²) in [7, 11) is 0. The monoisotopic (exact) mass is 322 g/mol. The minimum Gasteiger partial charge on any atom is -0.294 e. The molecule has 0 unspecified atom stereocenters. The van der Waals surface area contributed by atoms with Gasteiger partial charge in [0.2, 0.25) is 0 Å². The van der Waals surface area contributed by atoms with Crippen molar-refractivity contribution in [3.05, 3.63) is 71.3 Å². The lowest BCUT2D eigenvalue weighted by molar-refractivity contribution is 0.0979. The van der Waals surface area contributed by atoms with E-state index in [1.54, 1.807) is 0 Å². The van der Waals surface area contributed by atoms with Crippen molar-refractivity contribution in [3.63, 3.8) is 0 Å². The van der Waals surface area contributed by atoms with Crippen LogP contribution in [0.15, 0.2) is 54.6 Å². The van der Waals surface area contributed by atoms with Gasteiger partial charge in [0, 0.05) is 12.0 Å². The first-order valence-corrected chi connectivity index (χ1v) is 9.10. The number of carbonyl (C=O) groups is 1. The van der Waals surface area contributed by atoms with E-state index in [2.05, 4.69) is 57.2 Å². The second-order valence-corrected chi connectivity index (χ2v) is 7.87. The van der Waals surface area contributed by atoms with Crippen molar-refractivity contribution in [2.75, 3.05) is 0 Å². The van der Waals surface area contributed by atoms with Crippen LogP contribution < -0.4 is 0 Å². The van der Waals surface area contributed by atoms with Gasteiger partial charge in [0.15, 0.2) is 5.78 Å². The van der Waals surface area contributed by atoms with E-state index in [9.17, 15) is 4.79 Å². The molecule has 0 radical (unpaired) electrons. The lowest BCUT2D eigenvalue weighted by Gasteiger charge is -2.17. The highest BCUT2D eigenvalue weighted by Gasteiger charge is 2.10. The van der Waals surface area contributed by atoms with Crippen molar-refractivity contribution < 1.29 is 4.79 Å². The minimum atomic E-state index is 0.269. The molecule has 0 aliphatic heterocycles. The molecule has 0 spiro atoms. The van der Waals surface area contributed by atoms with E-state index in [0.717, 1.165) is 31.2 Å². The van der Waals surface area contributed by atoms with Gasteiger partial charge < -0.3 is 0 Å². The lowest BCUT2D eigenvalue weighted by atomic mass is 9.88. The molecule has 0 saturated heterocycles. The summed E-state index contributed by atoms with van der Waals surface area (Å²) in [6.07, 6.45) is 5.97. The van der Waals surface area contributed by atoms with Gasteiger partial charge in [-0.1, -0.05) is 75.4 Å². The molecule has 0 heterocycles. The summed E-state index contributed by atoms with van der Waals surface area (Å²) in [6.45, 7) is 6.79. The van der Waals surface area contributed by atoms with E-state index < -0.39 is 0 Å². The third kappa shape index (κ3) is 6.70. The Bertz CT molecular complexity index is 617. The third-order valence-corrected chi connectivity index (χ3v) is 4.40.